The van der Waals surface area contributed by atoms with Crippen molar-refractivity contribution in [1.29, 1.82) is 0 Å². The predicted octanol–water partition coefficient (Wildman–Crippen LogP) is 4.13. The summed E-state index contributed by atoms with van der Waals surface area (Å²) in [5.41, 5.74) is 2.38. The van der Waals surface area contributed by atoms with Crippen molar-refractivity contribution in [2.45, 2.75) is 39.8 Å². The summed E-state index contributed by atoms with van der Waals surface area (Å²) in [5.74, 6) is 0.150. The predicted molar refractivity (Wildman–Crippen MR) is 83.8 cm³/mol. The molecule has 2 rings (SSSR count). The molecular formula is C16H19ClFN3. The summed E-state index contributed by atoms with van der Waals surface area (Å²) in [6.07, 6.45) is 0. The van der Waals surface area contributed by atoms with Crippen molar-refractivity contribution in [3.05, 3.63) is 46.5 Å². The molecule has 0 radical (unpaired) electrons. The van der Waals surface area contributed by atoms with Crippen molar-refractivity contribution in [3.63, 3.8) is 0 Å². The van der Waals surface area contributed by atoms with Crippen LogP contribution in [0.5, 0.6) is 0 Å². The molecule has 1 aromatic heterocycles. The van der Waals surface area contributed by atoms with E-state index in [1.807, 2.05) is 13.0 Å². The summed E-state index contributed by atoms with van der Waals surface area (Å²) >= 11 is 6.08. The minimum atomic E-state index is -0.369. The first kappa shape index (κ1) is 15.9. The monoisotopic (exact) mass is 307 g/mol. The van der Waals surface area contributed by atoms with Crippen LogP contribution in [-0.2, 0) is 6.54 Å². The van der Waals surface area contributed by atoms with Crippen LogP contribution in [0, 0.1) is 12.7 Å². The topological polar surface area (TPSA) is 37.8 Å². The molecule has 5 heteroatoms. The standard InChI is InChI=1S/C16H19ClFN3/c1-10-7-12(9-19-16(2,3)4)21-15(20-10)13-6-5-11(18)8-14(13)17/h5-8,19H,9H2,1-4H3. The van der Waals surface area contributed by atoms with Crippen LogP contribution in [0.15, 0.2) is 24.3 Å². The summed E-state index contributed by atoms with van der Waals surface area (Å²) in [4.78, 5) is 8.91. The van der Waals surface area contributed by atoms with Crippen LogP contribution in [0.1, 0.15) is 32.2 Å². The molecule has 1 aromatic carbocycles. The van der Waals surface area contributed by atoms with E-state index in [-0.39, 0.29) is 11.4 Å². The number of halogens is 2. The Bertz CT molecular complexity index is 650. The first-order valence-electron chi connectivity index (χ1n) is 6.79. The second-order valence-corrected chi connectivity index (χ2v) is 6.46. The molecule has 0 aliphatic rings. The number of aromatic nitrogens is 2. The molecule has 0 saturated heterocycles. The molecule has 0 saturated carbocycles. The van der Waals surface area contributed by atoms with Gasteiger partial charge in [0, 0.05) is 23.3 Å². The van der Waals surface area contributed by atoms with Crippen LogP contribution in [-0.4, -0.2) is 15.5 Å². The zero-order valence-corrected chi connectivity index (χ0v) is 13.4. The van der Waals surface area contributed by atoms with Crippen molar-refractivity contribution >= 4 is 11.6 Å². The van der Waals surface area contributed by atoms with Crippen molar-refractivity contribution in [2.24, 2.45) is 0 Å². The third-order valence-electron chi connectivity index (χ3n) is 2.88. The van der Waals surface area contributed by atoms with Crippen molar-refractivity contribution in [2.75, 3.05) is 0 Å². The fourth-order valence-corrected chi connectivity index (χ4v) is 2.12. The average Bonchev–Trinajstić information content (AvgIpc) is 2.35. The lowest BCUT2D eigenvalue weighted by Gasteiger charge is -2.20. The summed E-state index contributed by atoms with van der Waals surface area (Å²) in [5, 5.41) is 3.70. The minimum Gasteiger partial charge on any atom is -0.306 e. The first-order valence-corrected chi connectivity index (χ1v) is 7.17. The van der Waals surface area contributed by atoms with E-state index in [4.69, 9.17) is 11.6 Å². The van der Waals surface area contributed by atoms with Gasteiger partial charge in [0.15, 0.2) is 5.82 Å². The molecule has 0 amide bonds. The first-order chi connectivity index (χ1) is 9.74. The Morgan fingerprint density at radius 1 is 1.19 bits per heavy atom. The van der Waals surface area contributed by atoms with E-state index in [0.29, 0.717) is 23.0 Å². The highest BCUT2D eigenvalue weighted by Crippen LogP contribution is 2.26. The lowest BCUT2D eigenvalue weighted by molar-refractivity contribution is 0.421. The molecule has 0 bridgehead atoms. The van der Waals surface area contributed by atoms with Gasteiger partial charge in [-0.05, 0) is 52.0 Å². The SMILES string of the molecule is Cc1cc(CNC(C)(C)C)nc(-c2ccc(F)cc2Cl)n1. The normalized spacial score (nSPS) is 11.7. The largest absolute Gasteiger partial charge is 0.306 e. The molecule has 0 aliphatic heterocycles. The second kappa shape index (κ2) is 6.08. The highest BCUT2D eigenvalue weighted by atomic mass is 35.5. The van der Waals surface area contributed by atoms with Crippen LogP contribution >= 0.6 is 11.6 Å². The quantitative estimate of drug-likeness (QED) is 0.926. The van der Waals surface area contributed by atoms with Gasteiger partial charge in [-0.2, -0.15) is 0 Å². The Labute approximate surface area is 129 Å². The Hall–Kier alpha value is -1.52. The third kappa shape index (κ3) is 4.48. The van der Waals surface area contributed by atoms with E-state index in [1.54, 1.807) is 6.07 Å². The maximum atomic E-state index is 13.1. The zero-order chi connectivity index (χ0) is 15.6. The number of nitrogens with one attached hydrogen (secondary N) is 1. The van der Waals surface area contributed by atoms with E-state index in [1.165, 1.54) is 12.1 Å². The maximum absolute atomic E-state index is 13.1. The number of aryl methyl sites for hydroxylation is 1. The Kier molecular flexibility index (Phi) is 4.59. The number of hydrogen-bond acceptors (Lipinski definition) is 3. The number of nitrogens with zero attached hydrogens (tertiary/aromatic N) is 2. The van der Waals surface area contributed by atoms with E-state index >= 15 is 0 Å². The zero-order valence-electron chi connectivity index (χ0n) is 12.7. The molecule has 1 heterocycles. The van der Waals surface area contributed by atoms with E-state index in [2.05, 4.69) is 36.1 Å². The smallest absolute Gasteiger partial charge is 0.161 e. The van der Waals surface area contributed by atoms with Crippen LogP contribution in [0.2, 0.25) is 5.02 Å². The maximum Gasteiger partial charge on any atom is 0.161 e. The van der Waals surface area contributed by atoms with Crippen LogP contribution in [0.25, 0.3) is 11.4 Å². The lowest BCUT2D eigenvalue weighted by Crippen LogP contribution is -2.35. The highest BCUT2D eigenvalue weighted by Gasteiger charge is 2.12. The summed E-state index contributed by atoms with van der Waals surface area (Å²) < 4.78 is 13.1. The van der Waals surface area contributed by atoms with Gasteiger partial charge in [0.1, 0.15) is 5.82 Å². The molecule has 0 atom stereocenters. The number of benzene rings is 1. The summed E-state index contributed by atoms with van der Waals surface area (Å²) in [6.45, 7) is 8.83. The fourth-order valence-electron chi connectivity index (χ4n) is 1.87. The Morgan fingerprint density at radius 2 is 1.90 bits per heavy atom. The highest BCUT2D eigenvalue weighted by molar-refractivity contribution is 6.33. The number of hydrogen-bond donors (Lipinski definition) is 1. The van der Waals surface area contributed by atoms with Gasteiger partial charge in [0.2, 0.25) is 0 Å². The third-order valence-corrected chi connectivity index (χ3v) is 3.19. The van der Waals surface area contributed by atoms with Gasteiger partial charge >= 0.3 is 0 Å². The van der Waals surface area contributed by atoms with Gasteiger partial charge in [0.05, 0.1) is 10.7 Å². The number of rotatable bonds is 3. The molecular weight excluding hydrogens is 289 g/mol. The average molecular weight is 308 g/mol. The molecule has 112 valence electrons. The molecule has 1 N–H and O–H groups in total. The fraction of sp³-hybridized carbons (Fsp3) is 0.375. The molecule has 0 fully saturated rings. The van der Waals surface area contributed by atoms with E-state index in [0.717, 1.165) is 11.4 Å². The van der Waals surface area contributed by atoms with Gasteiger partial charge in [-0.1, -0.05) is 11.6 Å². The summed E-state index contributed by atoms with van der Waals surface area (Å²) in [7, 11) is 0. The van der Waals surface area contributed by atoms with Gasteiger partial charge in [-0.15, -0.1) is 0 Å². The molecule has 3 nitrogen and oxygen atoms in total. The molecule has 2 aromatic rings. The van der Waals surface area contributed by atoms with Gasteiger partial charge in [0.25, 0.3) is 0 Å². The van der Waals surface area contributed by atoms with Crippen LogP contribution in [0.3, 0.4) is 0 Å². The van der Waals surface area contributed by atoms with E-state index < -0.39 is 0 Å². The Balaban J connectivity index is 2.34. The van der Waals surface area contributed by atoms with Crippen LogP contribution in [0.4, 0.5) is 4.39 Å². The van der Waals surface area contributed by atoms with Gasteiger partial charge in [-0.3, -0.25) is 0 Å². The molecule has 21 heavy (non-hydrogen) atoms. The van der Waals surface area contributed by atoms with Crippen LogP contribution < -0.4 is 5.32 Å². The second-order valence-electron chi connectivity index (χ2n) is 6.05. The van der Waals surface area contributed by atoms with Crippen molar-refractivity contribution < 1.29 is 4.39 Å². The molecule has 0 aliphatic carbocycles. The Morgan fingerprint density at radius 3 is 2.52 bits per heavy atom. The van der Waals surface area contributed by atoms with E-state index in [9.17, 15) is 4.39 Å². The lowest BCUT2D eigenvalue weighted by atomic mass is 10.1. The van der Waals surface area contributed by atoms with Crippen molar-refractivity contribution in [3.8, 4) is 11.4 Å². The van der Waals surface area contributed by atoms with Crippen molar-refractivity contribution in [1.82, 2.24) is 15.3 Å². The summed E-state index contributed by atoms with van der Waals surface area (Å²) in [6, 6.07) is 6.17. The van der Waals surface area contributed by atoms with Gasteiger partial charge < -0.3 is 5.32 Å². The van der Waals surface area contributed by atoms with Gasteiger partial charge in [-0.25, -0.2) is 14.4 Å². The molecule has 0 spiro atoms. The minimum absolute atomic E-state index is 0.00649. The molecule has 0 unspecified atom stereocenters.